The van der Waals surface area contributed by atoms with E-state index in [9.17, 15) is 9.59 Å². The van der Waals surface area contributed by atoms with Crippen LogP contribution in [0.2, 0.25) is 0 Å². The van der Waals surface area contributed by atoms with Gasteiger partial charge in [-0.2, -0.15) is 0 Å². The van der Waals surface area contributed by atoms with Crippen LogP contribution in [0.4, 0.5) is 0 Å². The number of piperazine rings is 1. The Balaban J connectivity index is 1.39. The van der Waals surface area contributed by atoms with Crippen molar-refractivity contribution in [2.45, 2.75) is 18.9 Å². The van der Waals surface area contributed by atoms with Crippen LogP contribution in [0.25, 0.3) is 11.4 Å². The molecular formula is C20H24N4O3. The Bertz CT molecular complexity index is 838. The monoisotopic (exact) mass is 368 g/mol. The lowest BCUT2D eigenvalue weighted by molar-refractivity contribution is 0.0431. The van der Waals surface area contributed by atoms with Crippen LogP contribution in [0.15, 0.2) is 41.3 Å². The first-order valence-electron chi connectivity index (χ1n) is 9.49. The lowest BCUT2D eigenvalue weighted by Gasteiger charge is -2.35. The number of carbonyl (C=O) groups excluding carboxylic acids is 1. The van der Waals surface area contributed by atoms with Gasteiger partial charge < -0.3 is 14.6 Å². The van der Waals surface area contributed by atoms with Crippen LogP contribution in [0.1, 0.15) is 23.2 Å². The van der Waals surface area contributed by atoms with Crippen LogP contribution in [0, 0.1) is 0 Å². The molecule has 2 saturated heterocycles. The summed E-state index contributed by atoms with van der Waals surface area (Å²) in [5.74, 6) is 0.221. The second-order valence-corrected chi connectivity index (χ2v) is 7.07. The van der Waals surface area contributed by atoms with Crippen molar-refractivity contribution < 1.29 is 9.53 Å². The molecule has 2 aliphatic heterocycles. The number of amides is 1. The molecule has 1 aromatic heterocycles. The van der Waals surface area contributed by atoms with E-state index in [1.54, 1.807) is 4.90 Å². The van der Waals surface area contributed by atoms with E-state index in [0.29, 0.717) is 25.0 Å². The zero-order valence-corrected chi connectivity index (χ0v) is 15.3. The standard InChI is InChI=1S/C20H24N4O3/c25-19-17(13-21-18(22-19)15-5-2-1-3-6-15)20(26)24-10-8-23(9-11-24)14-16-7-4-12-27-16/h1-3,5-6,13,16H,4,7-12,14H2,(H,21,22,25)/t16-/m0/s1. The van der Waals surface area contributed by atoms with Gasteiger partial charge in [-0.3, -0.25) is 14.5 Å². The van der Waals surface area contributed by atoms with E-state index in [1.807, 2.05) is 30.3 Å². The van der Waals surface area contributed by atoms with Crippen molar-refractivity contribution in [2.75, 3.05) is 39.3 Å². The molecule has 3 heterocycles. The van der Waals surface area contributed by atoms with Crippen molar-refractivity contribution in [3.63, 3.8) is 0 Å². The summed E-state index contributed by atoms with van der Waals surface area (Å²) in [5, 5.41) is 0. The van der Waals surface area contributed by atoms with Crippen molar-refractivity contribution in [2.24, 2.45) is 0 Å². The number of H-pyrrole nitrogens is 1. The third-order valence-corrected chi connectivity index (χ3v) is 5.22. The molecule has 0 spiro atoms. The lowest BCUT2D eigenvalue weighted by atomic mass is 10.2. The number of benzene rings is 1. The van der Waals surface area contributed by atoms with Gasteiger partial charge in [0, 0.05) is 51.1 Å². The number of nitrogens with one attached hydrogen (secondary N) is 1. The molecule has 7 nitrogen and oxygen atoms in total. The number of aromatic nitrogens is 2. The first kappa shape index (κ1) is 17.9. The molecule has 4 rings (SSSR count). The minimum absolute atomic E-state index is 0.0993. The lowest BCUT2D eigenvalue weighted by Crippen LogP contribution is -2.51. The van der Waals surface area contributed by atoms with E-state index in [4.69, 9.17) is 4.74 Å². The molecule has 27 heavy (non-hydrogen) atoms. The molecule has 1 atom stereocenters. The maximum Gasteiger partial charge on any atom is 0.264 e. The molecular weight excluding hydrogens is 344 g/mol. The Morgan fingerprint density at radius 2 is 1.96 bits per heavy atom. The molecule has 0 aliphatic carbocycles. The molecule has 0 bridgehead atoms. The van der Waals surface area contributed by atoms with E-state index in [2.05, 4.69) is 14.9 Å². The Labute approximate surface area is 158 Å². The molecule has 1 aromatic carbocycles. The van der Waals surface area contributed by atoms with Crippen molar-refractivity contribution in [1.82, 2.24) is 19.8 Å². The molecule has 0 radical (unpaired) electrons. The summed E-state index contributed by atoms with van der Waals surface area (Å²) in [6, 6.07) is 9.40. The number of hydrogen-bond acceptors (Lipinski definition) is 5. The summed E-state index contributed by atoms with van der Waals surface area (Å²) >= 11 is 0. The smallest absolute Gasteiger partial charge is 0.264 e. The Morgan fingerprint density at radius 1 is 1.19 bits per heavy atom. The van der Waals surface area contributed by atoms with Gasteiger partial charge in [-0.05, 0) is 12.8 Å². The van der Waals surface area contributed by atoms with Gasteiger partial charge in [-0.1, -0.05) is 30.3 Å². The second kappa shape index (κ2) is 8.02. The van der Waals surface area contributed by atoms with Crippen LogP contribution in [-0.2, 0) is 4.74 Å². The van der Waals surface area contributed by atoms with Crippen LogP contribution in [-0.4, -0.2) is 71.1 Å². The summed E-state index contributed by atoms with van der Waals surface area (Å²) in [6.45, 7) is 4.63. The van der Waals surface area contributed by atoms with Crippen LogP contribution < -0.4 is 5.56 Å². The van der Waals surface area contributed by atoms with Gasteiger partial charge in [-0.25, -0.2) is 4.98 Å². The Hall–Kier alpha value is -2.51. The van der Waals surface area contributed by atoms with Gasteiger partial charge in [0.15, 0.2) is 0 Å². The molecule has 2 aliphatic rings. The zero-order chi connectivity index (χ0) is 18.6. The highest BCUT2D eigenvalue weighted by molar-refractivity contribution is 5.93. The Kier molecular flexibility index (Phi) is 5.31. The third-order valence-electron chi connectivity index (χ3n) is 5.22. The van der Waals surface area contributed by atoms with Gasteiger partial charge >= 0.3 is 0 Å². The van der Waals surface area contributed by atoms with Crippen LogP contribution in [0.5, 0.6) is 0 Å². The van der Waals surface area contributed by atoms with E-state index < -0.39 is 5.56 Å². The van der Waals surface area contributed by atoms with Gasteiger partial charge in [0.1, 0.15) is 11.4 Å². The fraction of sp³-hybridized carbons (Fsp3) is 0.450. The molecule has 2 fully saturated rings. The highest BCUT2D eigenvalue weighted by atomic mass is 16.5. The van der Waals surface area contributed by atoms with E-state index in [1.165, 1.54) is 6.20 Å². The number of ether oxygens (including phenoxy) is 1. The first-order valence-corrected chi connectivity index (χ1v) is 9.49. The van der Waals surface area contributed by atoms with Crippen LogP contribution in [0.3, 0.4) is 0 Å². The highest BCUT2D eigenvalue weighted by Crippen LogP contribution is 2.15. The van der Waals surface area contributed by atoms with Gasteiger partial charge in [0.05, 0.1) is 6.10 Å². The SMILES string of the molecule is O=C(c1cnc(-c2ccccc2)[nH]c1=O)N1CCN(C[C@@H]2CCCO2)CC1. The summed E-state index contributed by atoms with van der Waals surface area (Å²) in [4.78, 5) is 36.2. The average molecular weight is 368 g/mol. The van der Waals surface area contributed by atoms with Gasteiger partial charge in [0.25, 0.3) is 11.5 Å². The molecule has 142 valence electrons. The fourth-order valence-corrected chi connectivity index (χ4v) is 3.67. The molecule has 0 saturated carbocycles. The van der Waals surface area contributed by atoms with Crippen molar-refractivity contribution in [1.29, 1.82) is 0 Å². The maximum atomic E-state index is 12.7. The second-order valence-electron chi connectivity index (χ2n) is 7.07. The molecule has 7 heteroatoms. The molecule has 1 N–H and O–H groups in total. The Morgan fingerprint density at radius 3 is 2.63 bits per heavy atom. The van der Waals surface area contributed by atoms with Crippen LogP contribution >= 0.6 is 0 Å². The predicted molar refractivity (Wildman–Crippen MR) is 102 cm³/mol. The van der Waals surface area contributed by atoms with E-state index in [-0.39, 0.29) is 11.5 Å². The molecule has 1 amide bonds. The van der Waals surface area contributed by atoms with Gasteiger partial charge in [0.2, 0.25) is 0 Å². The average Bonchev–Trinajstić information content (AvgIpc) is 3.22. The van der Waals surface area contributed by atoms with Crippen molar-refractivity contribution in [3.8, 4) is 11.4 Å². The van der Waals surface area contributed by atoms with E-state index in [0.717, 1.165) is 44.6 Å². The normalized spacial score (nSPS) is 20.7. The number of rotatable bonds is 4. The zero-order valence-electron chi connectivity index (χ0n) is 15.3. The third kappa shape index (κ3) is 4.09. The fourth-order valence-electron chi connectivity index (χ4n) is 3.67. The quantitative estimate of drug-likeness (QED) is 0.882. The molecule has 0 unspecified atom stereocenters. The summed E-state index contributed by atoms with van der Waals surface area (Å²) in [7, 11) is 0. The number of hydrogen-bond donors (Lipinski definition) is 1. The first-order chi connectivity index (χ1) is 13.2. The largest absolute Gasteiger partial charge is 0.377 e. The molecule has 2 aromatic rings. The number of nitrogens with zero attached hydrogens (tertiary/aromatic N) is 3. The minimum Gasteiger partial charge on any atom is -0.377 e. The number of carbonyl (C=O) groups is 1. The van der Waals surface area contributed by atoms with E-state index >= 15 is 0 Å². The minimum atomic E-state index is -0.393. The summed E-state index contributed by atoms with van der Waals surface area (Å²) in [5.41, 5.74) is 0.522. The van der Waals surface area contributed by atoms with Crippen molar-refractivity contribution >= 4 is 5.91 Å². The summed E-state index contributed by atoms with van der Waals surface area (Å²) in [6.07, 6.45) is 3.97. The van der Waals surface area contributed by atoms with Gasteiger partial charge in [-0.15, -0.1) is 0 Å². The topological polar surface area (TPSA) is 78.5 Å². The van der Waals surface area contributed by atoms with Crippen molar-refractivity contribution in [3.05, 3.63) is 52.4 Å². The number of aromatic amines is 1. The summed E-state index contributed by atoms with van der Waals surface area (Å²) < 4.78 is 5.69. The maximum absolute atomic E-state index is 12.7. The highest BCUT2D eigenvalue weighted by Gasteiger charge is 2.26. The predicted octanol–water partition coefficient (Wildman–Crippen LogP) is 1.37.